The van der Waals surface area contributed by atoms with Gasteiger partial charge in [0.15, 0.2) is 5.82 Å². The van der Waals surface area contributed by atoms with Crippen LogP contribution in [0.5, 0.6) is 0 Å². The lowest BCUT2D eigenvalue weighted by Gasteiger charge is -2.13. The quantitative estimate of drug-likeness (QED) is 0.692. The molecule has 0 bridgehead atoms. The number of benzene rings is 1. The lowest BCUT2D eigenvalue weighted by molar-refractivity contribution is 0.602. The molecule has 0 saturated heterocycles. The summed E-state index contributed by atoms with van der Waals surface area (Å²) in [6, 6.07) is 1.56. The standard InChI is InChI=1S/C10H13ClFN/c1-5(2)8-9(11)6(3)4-7(13)10(8)12/h4-5H,13H2,1-3H3. The van der Waals surface area contributed by atoms with Gasteiger partial charge >= 0.3 is 0 Å². The molecule has 72 valence electrons. The summed E-state index contributed by atoms with van der Waals surface area (Å²) < 4.78 is 13.5. The van der Waals surface area contributed by atoms with E-state index < -0.39 is 0 Å². The van der Waals surface area contributed by atoms with Crippen LogP contribution in [0.3, 0.4) is 0 Å². The molecule has 0 saturated carbocycles. The van der Waals surface area contributed by atoms with Crippen LogP contribution in [0.15, 0.2) is 6.07 Å². The highest BCUT2D eigenvalue weighted by molar-refractivity contribution is 6.32. The SMILES string of the molecule is Cc1cc(N)c(F)c(C(C)C)c1Cl. The summed E-state index contributed by atoms with van der Waals surface area (Å²) in [4.78, 5) is 0. The van der Waals surface area contributed by atoms with E-state index in [4.69, 9.17) is 17.3 Å². The number of nitrogens with two attached hydrogens (primary N) is 1. The van der Waals surface area contributed by atoms with E-state index in [2.05, 4.69) is 0 Å². The maximum Gasteiger partial charge on any atom is 0.151 e. The molecule has 0 heterocycles. The van der Waals surface area contributed by atoms with Crippen molar-refractivity contribution in [1.29, 1.82) is 0 Å². The van der Waals surface area contributed by atoms with Crippen molar-refractivity contribution in [3.8, 4) is 0 Å². The van der Waals surface area contributed by atoms with Crippen LogP contribution in [-0.4, -0.2) is 0 Å². The van der Waals surface area contributed by atoms with Gasteiger partial charge in [0.05, 0.1) is 10.7 Å². The zero-order valence-electron chi connectivity index (χ0n) is 7.99. The van der Waals surface area contributed by atoms with Gasteiger partial charge in [-0.25, -0.2) is 4.39 Å². The maximum atomic E-state index is 13.5. The molecule has 0 radical (unpaired) electrons. The van der Waals surface area contributed by atoms with Gasteiger partial charge in [-0.3, -0.25) is 0 Å². The van der Waals surface area contributed by atoms with Crippen molar-refractivity contribution in [2.24, 2.45) is 0 Å². The average Bonchev–Trinajstić information content (AvgIpc) is 2.01. The number of rotatable bonds is 1. The van der Waals surface area contributed by atoms with Crippen molar-refractivity contribution in [1.82, 2.24) is 0 Å². The second-order valence-electron chi connectivity index (χ2n) is 3.48. The molecule has 0 amide bonds. The van der Waals surface area contributed by atoms with Gasteiger partial charge in [0.1, 0.15) is 0 Å². The Labute approximate surface area is 82.7 Å². The molecule has 0 unspecified atom stereocenters. The maximum absolute atomic E-state index is 13.5. The van der Waals surface area contributed by atoms with Gasteiger partial charge in [-0.2, -0.15) is 0 Å². The van der Waals surface area contributed by atoms with Crippen LogP contribution >= 0.6 is 11.6 Å². The number of anilines is 1. The third kappa shape index (κ3) is 1.78. The van der Waals surface area contributed by atoms with Crippen LogP contribution in [0.2, 0.25) is 5.02 Å². The summed E-state index contributed by atoms with van der Waals surface area (Å²) >= 11 is 5.97. The molecule has 0 atom stereocenters. The molecule has 0 aliphatic heterocycles. The molecule has 0 aliphatic carbocycles. The van der Waals surface area contributed by atoms with Crippen molar-refractivity contribution in [2.75, 3.05) is 5.73 Å². The van der Waals surface area contributed by atoms with E-state index in [0.717, 1.165) is 5.56 Å². The molecule has 1 aromatic rings. The Morgan fingerprint density at radius 3 is 2.46 bits per heavy atom. The van der Waals surface area contributed by atoms with E-state index >= 15 is 0 Å². The highest BCUT2D eigenvalue weighted by atomic mass is 35.5. The van der Waals surface area contributed by atoms with Crippen molar-refractivity contribution in [2.45, 2.75) is 26.7 Å². The number of hydrogen-bond acceptors (Lipinski definition) is 1. The summed E-state index contributed by atoms with van der Waals surface area (Å²) in [6.45, 7) is 5.61. The second kappa shape index (κ2) is 3.54. The Balaban J connectivity index is 3.46. The lowest BCUT2D eigenvalue weighted by atomic mass is 9.99. The highest BCUT2D eigenvalue weighted by Gasteiger charge is 2.15. The fraction of sp³-hybridized carbons (Fsp3) is 0.400. The monoisotopic (exact) mass is 201 g/mol. The Bertz CT molecular complexity index is 308. The Morgan fingerprint density at radius 1 is 1.46 bits per heavy atom. The summed E-state index contributed by atoms with van der Waals surface area (Å²) in [5.74, 6) is -0.333. The predicted molar refractivity (Wildman–Crippen MR) is 54.6 cm³/mol. The van der Waals surface area contributed by atoms with Crippen molar-refractivity contribution >= 4 is 17.3 Å². The molecule has 1 nitrogen and oxygen atoms in total. The Morgan fingerprint density at radius 2 is 2.00 bits per heavy atom. The normalized spacial score (nSPS) is 10.9. The van der Waals surface area contributed by atoms with Crippen LogP contribution in [-0.2, 0) is 0 Å². The minimum absolute atomic E-state index is 0.0506. The largest absolute Gasteiger partial charge is 0.396 e. The first-order chi connectivity index (χ1) is 5.95. The number of hydrogen-bond donors (Lipinski definition) is 1. The van der Waals surface area contributed by atoms with Crippen molar-refractivity contribution in [3.63, 3.8) is 0 Å². The van der Waals surface area contributed by atoms with E-state index in [1.165, 1.54) is 0 Å². The summed E-state index contributed by atoms with van der Waals surface area (Å²) in [5.41, 5.74) is 7.00. The fourth-order valence-electron chi connectivity index (χ4n) is 1.33. The second-order valence-corrected chi connectivity index (χ2v) is 3.86. The van der Waals surface area contributed by atoms with Crippen LogP contribution in [0, 0.1) is 12.7 Å². The number of nitrogen functional groups attached to an aromatic ring is 1. The van der Waals surface area contributed by atoms with Gasteiger partial charge in [-0.1, -0.05) is 25.4 Å². The first-order valence-electron chi connectivity index (χ1n) is 4.19. The summed E-state index contributed by atoms with van der Waals surface area (Å²) in [7, 11) is 0. The smallest absolute Gasteiger partial charge is 0.151 e. The molecule has 2 N–H and O–H groups in total. The number of aryl methyl sites for hydroxylation is 1. The molecule has 13 heavy (non-hydrogen) atoms. The first kappa shape index (κ1) is 10.3. The van der Waals surface area contributed by atoms with Crippen LogP contribution in [0.25, 0.3) is 0 Å². The summed E-state index contributed by atoms with van der Waals surface area (Å²) in [5, 5.41) is 0.488. The zero-order chi connectivity index (χ0) is 10.2. The van der Waals surface area contributed by atoms with Gasteiger partial charge in [-0.05, 0) is 24.5 Å². The fourth-order valence-corrected chi connectivity index (χ4v) is 1.69. The Hall–Kier alpha value is -0.760. The van der Waals surface area contributed by atoms with Gasteiger partial charge in [0, 0.05) is 5.56 Å². The summed E-state index contributed by atoms with van der Waals surface area (Å²) in [6.07, 6.45) is 0. The molecule has 0 fully saturated rings. The van der Waals surface area contributed by atoms with Crippen LogP contribution in [0.4, 0.5) is 10.1 Å². The molecular formula is C10H13ClFN. The molecular weight excluding hydrogens is 189 g/mol. The highest BCUT2D eigenvalue weighted by Crippen LogP contribution is 2.32. The van der Waals surface area contributed by atoms with Gasteiger partial charge in [0.2, 0.25) is 0 Å². The molecule has 0 aliphatic rings. The molecule has 3 heteroatoms. The lowest BCUT2D eigenvalue weighted by Crippen LogP contribution is -2.01. The van der Waals surface area contributed by atoms with Crippen molar-refractivity contribution < 1.29 is 4.39 Å². The zero-order valence-corrected chi connectivity index (χ0v) is 8.74. The van der Waals surface area contributed by atoms with E-state index in [0.29, 0.717) is 10.6 Å². The minimum Gasteiger partial charge on any atom is -0.396 e. The average molecular weight is 202 g/mol. The third-order valence-electron chi connectivity index (χ3n) is 2.02. The van der Waals surface area contributed by atoms with Gasteiger partial charge in [-0.15, -0.1) is 0 Å². The van der Waals surface area contributed by atoms with Crippen LogP contribution in [0.1, 0.15) is 30.9 Å². The molecule has 0 spiro atoms. The first-order valence-corrected chi connectivity index (χ1v) is 4.57. The van der Waals surface area contributed by atoms with E-state index in [9.17, 15) is 4.39 Å². The van der Waals surface area contributed by atoms with Crippen molar-refractivity contribution in [3.05, 3.63) is 28.0 Å². The molecule has 1 aromatic carbocycles. The van der Waals surface area contributed by atoms with E-state index in [-0.39, 0.29) is 17.4 Å². The van der Waals surface area contributed by atoms with Gasteiger partial charge < -0.3 is 5.73 Å². The predicted octanol–water partition coefficient (Wildman–Crippen LogP) is 3.49. The van der Waals surface area contributed by atoms with Crippen LogP contribution < -0.4 is 5.73 Å². The van der Waals surface area contributed by atoms with E-state index in [1.54, 1.807) is 6.07 Å². The van der Waals surface area contributed by atoms with Gasteiger partial charge in [0.25, 0.3) is 0 Å². The minimum atomic E-state index is -0.384. The number of halogens is 2. The molecule has 1 rings (SSSR count). The third-order valence-corrected chi connectivity index (χ3v) is 2.52. The molecule has 0 aromatic heterocycles. The Kier molecular flexibility index (Phi) is 2.81. The topological polar surface area (TPSA) is 26.0 Å². The van der Waals surface area contributed by atoms with E-state index in [1.807, 2.05) is 20.8 Å².